The Labute approximate surface area is 142 Å². The average molecular weight is 346 g/mol. The Morgan fingerprint density at radius 3 is 2.67 bits per heavy atom. The zero-order valence-corrected chi connectivity index (χ0v) is 14.3. The number of carbonyl (C=O) groups is 1. The number of nitrogens with two attached hydrogens (primary N) is 1. The molecule has 0 fully saturated rings. The molecular formula is C16H18N4O3S. The number of hydrogen-bond acceptors (Lipinski definition) is 6. The van der Waals surface area contributed by atoms with E-state index in [9.17, 15) is 14.4 Å². The number of benzene rings is 1. The summed E-state index contributed by atoms with van der Waals surface area (Å²) in [5, 5.41) is 0. The van der Waals surface area contributed by atoms with Crippen LogP contribution in [0.25, 0.3) is 0 Å². The molecular weight excluding hydrogens is 328 g/mol. The Morgan fingerprint density at radius 2 is 1.92 bits per heavy atom. The van der Waals surface area contributed by atoms with E-state index in [1.165, 1.54) is 14.1 Å². The summed E-state index contributed by atoms with van der Waals surface area (Å²) in [4.78, 5) is 40.0. The van der Waals surface area contributed by atoms with Gasteiger partial charge in [-0.15, -0.1) is 11.8 Å². The van der Waals surface area contributed by atoms with Gasteiger partial charge in [-0.05, 0) is 12.1 Å². The SMILES string of the molecule is Cn1c(N)c(C(=O)CN2CCSc3ccccc32)c(=O)n(C)c1=O. The van der Waals surface area contributed by atoms with Crippen LogP contribution < -0.4 is 21.9 Å². The van der Waals surface area contributed by atoms with Crippen LogP contribution in [0.1, 0.15) is 10.4 Å². The highest BCUT2D eigenvalue weighted by Crippen LogP contribution is 2.34. The molecule has 8 heteroatoms. The van der Waals surface area contributed by atoms with Crippen molar-refractivity contribution >= 4 is 29.1 Å². The minimum Gasteiger partial charge on any atom is -0.384 e. The first kappa shape index (κ1) is 16.4. The Kier molecular flexibility index (Phi) is 4.23. The van der Waals surface area contributed by atoms with Crippen molar-refractivity contribution in [1.82, 2.24) is 9.13 Å². The summed E-state index contributed by atoms with van der Waals surface area (Å²) in [6.45, 7) is 0.759. The molecule has 0 saturated carbocycles. The summed E-state index contributed by atoms with van der Waals surface area (Å²) in [5.41, 5.74) is 5.51. The van der Waals surface area contributed by atoms with Gasteiger partial charge in [0.05, 0.1) is 12.2 Å². The van der Waals surface area contributed by atoms with Crippen molar-refractivity contribution in [3.63, 3.8) is 0 Å². The standard InChI is InChI=1S/C16H18N4O3S/c1-18-14(17)13(15(22)19(2)16(18)23)11(21)9-20-7-8-24-12-6-4-3-5-10(12)20/h3-6H,7-9,17H2,1-2H3. The van der Waals surface area contributed by atoms with Crippen molar-refractivity contribution in [1.29, 1.82) is 0 Å². The first-order chi connectivity index (χ1) is 11.4. The lowest BCUT2D eigenvalue weighted by Crippen LogP contribution is -2.44. The molecule has 7 nitrogen and oxygen atoms in total. The second-order valence-electron chi connectivity index (χ2n) is 5.63. The molecule has 0 unspecified atom stereocenters. The number of nitrogen functional groups attached to an aromatic ring is 1. The van der Waals surface area contributed by atoms with E-state index in [-0.39, 0.29) is 23.7 Å². The number of anilines is 2. The highest BCUT2D eigenvalue weighted by Gasteiger charge is 2.24. The highest BCUT2D eigenvalue weighted by atomic mass is 32.2. The maximum Gasteiger partial charge on any atom is 0.332 e. The molecule has 0 radical (unpaired) electrons. The molecule has 24 heavy (non-hydrogen) atoms. The van der Waals surface area contributed by atoms with Crippen LogP contribution in [-0.2, 0) is 14.1 Å². The Morgan fingerprint density at radius 1 is 1.21 bits per heavy atom. The van der Waals surface area contributed by atoms with Gasteiger partial charge in [0.25, 0.3) is 5.56 Å². The van der Waals surface area contributed by atoms with Gasteiger partial charge in [-0.1, -0.05) is 12.1 Å². The van der Waals surface area contributed by atoms with E-state index in [1.807, 2.05) is 29.2 Å². The predicted octanol–water partition coefficient (Wildman–Crippen LogP) is 0.461. The summed E-state index contributed by atoms with van der Waals surface area (Å²) < 4.78 is 2.03. The number of fused-ring (bicyclic) bond motifs is 1. The molecule has 2 heterocycles. The fourth-order valence-electron chi connectivity index (χ4n) is 2.77. The van der Waals surface area contributed by atoms with Gasteiger partial charge in [0.1, 0.15) is 11.4 Å². The van der Waals surface area contributed by atoms with Crippen LogP contribution in [0, 0.1) is 0 Å². The van der Waals surface area contributed by atoms with Gasteiger partial charge in [-0.3, -0.25) is 18.7 Å². The Bertz CT molecular complexity index is 932. The van der Waals surface area contributed by atoms with Gasteiger partial charge >= 0.3 is 5.69 Å². The van der Waals surface area contributed by atoms with E-state index in [2.05, 4.69) is 0 Å². The van der Waals surface area contributed by atoms with Gasteiger partial charge in [0.15, 0.2) is 5.78 Å². The molecule has 1 aliphatic heterocycles. The summed E-state index contributed by atoms with van der Waals surface area (Å²) in [5.74, 6) is 0.392. The van der Waals surface area contributed by atoms with Crippen LogP contribution in [0.5, 0.6) is 0 Å². The number of rotatable bonds is 3. The van der Waals surface area contributed by atoms with Crippen molar-refractivity contribution < 1.29 is 4.79 Å². The topological polar surface area (TPSA) is 90.3 Å². The molecule has 1 aliphatic rings. The number of para-hydroxylation sites is 1. The van der Waals surface area contributed by atoms with E-state index in [1.54, 1.807) is 11.8 Å². The second kappa shape index (κ2) is 6.20. The monoisotopic (exact) mass is 346 g/mol. The number of hydrogen-bond donors (Lipinski definition) is 1. The summed E-state index contributed by atoms with van der Waals surface area (Å²) >= 11 is 1.74. The fourth-order valence-corrected chi connectivity index (χ4v) is 3.82. The maximum atomic E-state index is 12.7. The number of carbonyl (C=O) groups excluding carboxylic acids is 1. The van der Waals surface area contributed by atoms with Crippen LogP contribution in [0.2, 0.25) is 0 Å². The first-order valence-electron chi connectivity index (χ1n) is 7.47. The van der Waals surface area contributed by atoms with E-state index in [0.717, 1.165) is 25.5 Å². The minimum atomic E-state index is -0.653. The van der Waals surface area contributed by atoms with Crippen molar-refractivity contribution in [2.24, 2.45) is 14.1 Å². The molecule has 1 aromatic heterocycles. The van der Waals surface area contributed by atoms with Crippen LogP contribution in [0.3, 0.4) is 0 Å². The maximum absolute atomic E-state index is 12.7. The Hall–Kier alpha value is -2.48. The van der Waals surface area contributed by atoms with E-state index < -0.39 is 11.2 Å². The molecule has 3 rings (SSSR count). The molecule has 2 aromatic rings. The van der Waals surface area contributed by atoms with Crippen molar-refractivity contribution in [2.75, 3.05) is 29.5 Å². The molecule has 0 atom stereocenters. The molecule has 0 bridgehead atoms. The third-order valence-electron chi connectivity index (χ3n) is 4.15. The number of nitrogens with zero attached hydrogens (tertiary/aromatic N) is 3. The van der Waals surface area contributed by atoms with Crippen LogP contribution in [-0.4, -0.2) is 33.8 Å². The second-order valence-corrected chi connectivity index (χ2v) is 6.76. The van der Waals surface area contributed by atoms with E-state index in [4.69, 9.17) is 5.73 Å². The normalized spacial score (nSPS) is 13.7. The summed E-state index contributed by atoms with van der Waals surface area (Å²) in [6, 6.07) is 7.84. The van der Waals surface area contributed by atoms with Gasteiger partial charge < -0.3 is 10.6 Å². The molecule has 1 aromatic carbocycles. The van der Waals surface area contributed by atoms with Crippen LogP contribution >= 0.6 is 11.8 Å². The molecule has 0 saturated heterocycles. The molecule has 0 amide bonds. The van der Waals surface area contributed by atoms with Gasteiger partial charge in [0, 0.05) is 31.3 Å². The first-order valence-corrected chi connectivity index (χ1v) is 8.46. The van der Waals surface area contributed by atoms with Gasteiger partial charge in [-0.25, -0.2) is 4.79 Å². The number of thioether (sulfide) groups is 1. The number of ketones is 1. The number of Topliss-reactive ketones (excluding diaryl/α,β-unsaturated/α-hetero) is 1. The zero-order valence-electron chi connectivity index (χ0n) is 13.5. The highest BCUT2D eigenvalue weighted by molar-refractivity contribution is 7.99. The molecule has 2 N–H and O–H groups in total. The van der Waals surface area contributed by atoms with Crippen molar-refractivity contribution in [3.8, 4) is 0 Å². The third-order valence-corrected chi connectivity index (χ3v) is 5.19. The smallest absolute Gasteiger partial charge is 0.332 e. The van der Waals surface area contributed by atoms with Gasteiger partial charge in [0.2, 0.25) is 0 Å². The molecule has 0 spiro atoms. The summed E-state index contributed by atoms with van der Waals surface area (Å²) in [7, 11) is 2.79. The van der Waals surface area contributed by atoms with Crippen LogP contribution in [0.15, 0.2) is 38.8 Å². The van der Waals surface area contributed by atoms with E-state index >= 15 is 0 Å². The molecule has 0 aliphatic carbocycles. The van der Waals surface area contributed by atoms with Crippen molar-refractivity contribution in [2.45, 2.75) is 4.90 Å². The quantitative estimate of drug-likeness (QED) is 0.812. The van der Waals surface area contributed by atoms with Crippen molar-refractivity contribution in [3.05, 3.63) is 50.7 Å². The van der Waals surface area contributed by atoms with Gasteiger partial charge in [-0.2, -0.15) is 0 Å². The lowest BCUT2D eigenvalue weighted by atomic mass is 10.1. The lowest BCUT2D eigenvalue weighted by molar-refractivity contribution is 0.0997. The lowest BCUT2D eigenvalue weighted by Gasteiger charge is -2.30. The summed E-state index contributed by atoms with van der Waals surface area (Å²) in [6.07, 6.45) is 0. The third kappa shape index (κ3) is 2.62. The molecule has 126 valence electrons. The average Bonchev–Trinajstić information content (AvgIpc) is 2.59. The zero-order chi connectivity index (χ0) is 17.4. The minimum absolute atomic E-state index is 0.0508. The largest absolute Gasteiger partial charge is 0.384 e. The Balaban J connectivity index is 1.98. The fraction of sp³-hybridized carbons (Fsp3) is 0.312. The van der Waals surface area contributed by atoms with E-state index in [0.29, 0.717) is 6.54 Å². The van der Waals surface area contributed by atoms with Crippen LogP contribution in [0.4, 0.5) is 11.5 Å². The predicted molar refractivity (Wildman–Crippen MR) is 95.0 cm³/mol. The number of aromatic nitrogens is 2.